The first-order chi connectivity index (χ1) is 6.42. The summed E-state index contributed by atoms with van der Waals surface area (Å²) in [5.74, 6) is 0. The average molecular weight is 174 g/mol. The first kappa shape index (κ1) is 8.45. The molecule has 0 fully saturated rings. The van der Waals surface area contributed by atoms with Crippen LogP contribution in [-0.2, 0) is 6.42 Å². The summed E-state index contributed by atoms with van der Waals surface area (Å²) in [4.78, 5) is 4.50. The molecule has 2 nitrogen and oxygen atoms in total. The van der Waals surface area contributed by atoms with E-state index in [1.165, 1.54) is 16.8 Å². The van der Waals surface area contributed by atoms with Crippen LogP contribution >= 0.6 is 0 Å². The van der Waals surface area contributed by atoms with Gasteiger partial charge in [0.05, 0.1) is 0 Å². The fourth-order valence-electron chi connectivity index (χ4n) is 1.77. The number of aliphatic imine (C=N–C) groups is 1. The van der Waals surface area contributed by atoms with Crippen LogP contribution in [0.25, 0.3) is 0 Å². The SMILES string of the molecule is NCCC1=NCCc2ccccc21. The second kappa shape index (κ2) is 3.71. The molecular formula is C11H14N2. The highest BCUT2D eigenvalue weighted by atomic mass is 14.8. The maximum absolute atomic E-state index is 5.54. The van der Waals surface area contributed by atoms with Gasteiger partial charge in [0.1, 0.15) is 0 Å². The number of rotatable bonds is 2. The largest absolute Gasteiger partial charge is 0.330 e. The van der Waals surface area contributed by atoms with Crippen LogP contribution in [-0.4, -0.2) is 18.8 Å². The van der Waals surface area contributed by atoms with Crippen LogP contribution in [0.15, 0.2) is 29.3 Å². The first-order valence-corrected chi connectivity index (χ1v) is 4.73. The Morgan fingerprint density at radius 1 is 1.31 bits per heavy atom. The van der Waals surface area contributed by atoms with Crippen molar-refractivity contribution >= 4 is 5.71 Å². The molecule has 0 amide bonds. The Morgan fingerprint density at radius 3 is 3.00 bits per heavy atom. The molecule has 2 rings (SSSR count). The van der Waals surface area contributed by atoms with Gasteiger partial charge in [0.2, 0.25) is 0 Å². The predicted molar refractivity (Wildman–Crippen MR) is 55.2 cm³/mol. The lowest BCUT2D eigenvalue weighted by atomic mass is 9.96. The number of hydrogen-bond acceptors (Lipinski definition) is 2. The van der Waals surface area contributed by atoms with Gasteiger partial charge in [-0.25, -0.2) is 0 Å². The van der Waals surface area contributed by atoms with Crippen LogP contribution in [0.1, 0.15) is 17.5 Å². The van der Waals surface area contributed by atoms with Crippen molar-refractivity contribution in [3.05, 3.63) is 35.4 Å². The lowest BCUT2D eigenvalue weighted by Crippen LogP contribution is -2.16. The number of nitrogens with zero attached hydrogens (tertiary/aromatic N) is 1. The first-order valence-electron chi connectivity index (χ1n) is 4.73. The Hall–Kier alpha value is -1.15. The van der Waals surface area contributed by atoms with Gasteiger partial charge in [0.15, 0.2) is 0 Å². The summed E-state index contributed by atoms with van der Waals surface area (Å²) < 4.78 is 0. The minimum Gasteiger partial charge on any atom is -0.330 e. The van der Waals surface area contributed by atoms with Crippen LogP contribution in [0.5, 0.6) is 0 Å². The predicted octanol–water partition coefficient (Wildman–Crippen LogP) is 1.38. The van der Waals surface area contributed by atoms with E-state index in [0.717, 1.165) is 19.4 Å². The normalized spacial score (nSPS) is 15.0. The molecule has 0 saturated carbocycles. The molecule has 0 spiro atoms. The summed E-state index contributed by atoms with van der Waals surface area (Å²) in [6.07, 6.45) is 1.97. The molecule has 0 saturated heterocycles. The van der Waals surface area contributed by atoms with E-state index in [2.05, 4.69) is 29.3 Å². The van der Waals surface area contributed by atoms with E-state index in [1.807, 2.05) is 0 Å². The Kier molecular flexibility index (Phi) is 2.41. The van der Waals surface area contributed by atoms with Crippen molar-refractivity contribution in [2.45, 2.75) is 12.8 Å². The van der Waals surface area contributed by atoms with Crippen LogP contribution in [0.2, 0.25) is 0 Å². The van der Waals surface area contributed by atoms with E-state index in [4.69, 9.17) is 5.73 Å². The average Bonchev–Trinajstić information content (AvgIpc) is 2.19. The molecule has 0 atom stereocenters. The molecule has 0 aromatic heterocycles. The quantitative estimate of drug-likeness (QED) is 0.722. The Balaban J connectivity index is 2.36. The summed E-state index contributed by atoms with van der Waals surface area (Å²) in [5, 5.41) is 0. The maximum Gasteiger partial charge on any atom is 0.0436 e. The molecule has 2 heteroatoms. The molecule has 1 heterocycles. The molecule has 13 heavy (non-hydrogen) atoms. The molecule has 0 radical (unpaired) electrons. The van der Waals surface area contributed by atoms with Crippen molar-refractivity contribution in [3.63, 3.8) is 0 Å². The molecule has 1 aromatic rings. The minimum absolute atomic E-state index is 0.688. The van der Waals surface area contributed by atoms with Gasteiger partial charge >= 0.3 is 0 Å². The molecule has 0 bridgehead atoms. The fourth-order valence-corrected chi connectivity index (χ4v) is 1.77. The topological polar surface area (TPSA) is 38.4 Å². The Morgan fingerprint density at radius 2 is 2.15 bits per heavy atom. The van der Waals surface area contributed by atoms with Gasteiger partial charge in [-0.15, -0.1) is 0 Å². The molecule has 1 aliphatic rings. The molecule has 68 valence electrons. The van der Waals surface area contributed by atoms with Gasteiger partial charge in [-0.3, -0.25) is 4.99 Å². The minimum atomic E-state index is 0.688. The molecule has 2 N–H and O–H groups in total. The Labute approximate surface area is 78.5 Å². The zero-order valence-corrected chi connectivity index (χ0v) is 7.66. The second-order valence-electron chi connectivity index (χ2n) is 3.27. The van der Waals surface area contributed by atoms with Crippen molar-refractivity contribution in [1.29, 1.82) is 0 Å². The van der Waals surface area contributed by atoms with Gasteiger partial charge in [-0.1, -0.05) is 24.3 Å². The maximum atomic E-state index is 5.54. The van der Waals surface area contributed by atoms with Crippen LogP contribution in [0, 0.1) is 0 Å². The molecule has 0 aliphatic carbocycles. The van der Waals surface area contributed by atoms with E-state index in [1.54, 1.807) is 0 Å². The van der Waals surface area contributed by atoms with Crippen LogP contribution < -0.4 is 5.73 Å². The van der Waals surface area contributed by atoms with E-state index in [9.17, 15) is 0 Å². The van der Waals surface area contributed by atoms with Crippen LogP contribution in [0.4, 0.5) is 0 Å². The molecule has 1 aromatic carbocycles. The second-order valence-corrected chi connectivity index (χ2v) is 3.27. The van der Waals surface area contributed by atoms with Gasteiger partial charge < -0.3 is 5.73 Å². The number of benzene rings is 1. The lowest BCUT2D eigenvalue weighted by Gasteiger charge is -2.15. The standard InChI is InChI=1S/C11H14N2/c12-7-5-11-10-4-2-1-3-9(10)6-8-13-11/h1-4H,5-8,12H2. The number of nitrogens with two attached hydrogens (primary N) is 1. The van der Waals surface area contributed by atoms with E-state index < -0.39 is 0 Å². The van der Waals surface area contributed by atoms with Gasteiger partial charge in [0.25, 0.3) is 0 Å². The van der Waals surface area contributed by atoms with E-state index in [0.29, 0.717) is 6.54 Å². The number of hydrogen-bond donors (Lipinski definition) is 1. The molecule has 0 unspecified atom stereocenters. The van der Waals surface area contributed by atoms with Gasteiger partial charge in [-0.2, -0.15) is 0 Å². The summed E-state index contributed by atoms with van der Waals surface area (Å²) in [6.45, 7) is 1.61. The molecular weight excluding hydrogens is 160 g/mol. The van der Waals surface area contributed by atoms with Gasteiger partial charge in [-0.05, 0) is 24.1 Å². The third kappa shape index (κ3) is 1.63. The van der Waals surface area contributed by atoms with Crippen molar-refractivity contribution < 1.29 is 0 Å². The summed E-state index contributed by atoms with van der Waals surface area (Å²) >= 11 is 0. The van der Waals surface area contributed by atoms with Crippen molar-refractivity contribution in [2.24, 2.45) is 10.7 Å². The summed E-state index contributed by atoms with van der Waals surface area (Å²) in [6, 6.07) is 8.48. The fraction of sp³-hybridized carbons (Fsp3) is 0.364. The molecule has 1 aliphatic heterocycles. The van der Waals surface area contributed by atoms with E-state index >= 15 is 0 Å². The third-order valence-corrected chi connectivity index (χ3v) is 2.39. The van der Waals surface area contributed by atoms with Crippen molar-refractivity contribution in [2.75, 3.05) is 13.1 Å². The zero-order valence-electron chi connectivity index (χ0n) is 7.66. The highest BCUT2D eigenvalue weighted by molar-refractivity contribution is 6.02. The van der Waals surface area contributed by atoms with Crippen LogP contribution in [0.3, 0.4) is 0 Å². The highest BCUT2D eigenvalue weighted by Crippen LogP contribution is 2.16. The summed E-state index contributed by atoms with van der Waals surface area (Å²) in [5.41, 5.74) is 9.44. The van der Waals surface area contributed by atoms with Gasteiger partial charge in [0, 0.05) is 18.7 Å². The highest BCUT2D eigenvalue weighted by Gasteiger charge is 2.11. The summed E-state index contributed by atoms with van der Waals surface area (Å²) in [7, 11) is 0. The monoisotopic (exact) mass is 174 g/mol. The third-order valence-electron chi connectivity index (χ3n) is 2.39. The van der Waals surface area contributed by atoms with Crippen molar-refractivity contribution in [1.82, 2.24) is 0 Å². The smallest absolute Gasteiger partial charge is 0.0436 e. The number of fused-ring (bicyclic) bond motifs is 1. The zero-order chi connectivity index (χ0) is 9.10. The Bertz CT molecular complexity index is 329. The van der Waals surface area contributed by atoms with E-state index in [-0.39, 0.29) is 0 Å². The van der Waals surface area contributed by atoms with Crippen molar-refractivity contribution in [3.8, 4) is 0 Å². The lowest BCUT2D eigenvalue weighted by molar-refractivity contribution is 0.917.